The molecule has 0 bridgehead atoms. The highest BCUT2D eigenvalue weighted by Crippen LogP contribution is 2.66. The molecule has 2 aliphatic heterocycles. The van der Waals surface area contributed by atoms with Crippen LogP contribution in [0.15, 0.2) is 29.8 Å². The van der Waals surface area contributed by atoms with Gasteiger partial charge in [-0.2, -0.15) is 0 Å². The maximum Gasteiger partial charge on any atom is 0.258 e. The average Bonchev–Trinajstić information content (AvgIpc) is 3.26. The lowest BCUT2D eigenvalue weighted by Gasteiger charge is -2.50. The number of anilines is 1. The quantitative estimate of drug-likeness (QED) is 0.132. The first kappa shape index (κ1) is 28.5. The van der Waals surface area contributed by atoms with Crippen molar-refractivity contribution in [2.45, 2.75) is 28.5 Å². The molecule has 6 unspecified atom stereocenters. The minimum Gasteiger partial charge on any atom is -0.505 e. The van der Waals surface area contributed by atoms with Crippen LogP contribution in [-0.2, 0) is 19.2 Å². The van der Waals surface area contributed by atoms with Gasteiger partial charge < -0.3 is 5.11 Å². The van der Waals surface area contributed by atoms with Crippen LogP contribution in [-0.4, -0.2) is 50.4 Å². The number of para-hydroxylation sites is 1. The average molecular weight is 633 g/mol. The molecule has 6 rings (SSSR count). The van der Waals surface area contributed by atoms with Gasteiger partial charge in [-0.3, -0.25) is 24.1 Å². The molecule has 2 aromatic carbocycles. The number of rotatable bonds is 2. The molecular formula is C27H16Cl2F6N2O5. The first-order chi connectivity index (χ1) is 19.6. The second-order valence-electron chi connectivity index (χ2n) is 10.6. The van der Waals surface area contributed by atoms with E-state index in [-0.39, 0.29) is 16.9 Å². The Morgan fingerprint density at radius 3 is 2.07 bits per heavy atom. The Morgan fingerprint density at radius 1 is 0.857 bits per heavy atom. The van der Waals surface area contributed by atoms with Gasteiger partial charge in [-0.1, -0.05) is 23.8 Å². The summed E-state index contributed by atoms with van der Waals surface area (Å²) in [6.45, 7) is 0. The van der Waals surface area contributed by atoms with Gasteiger partial charge in [0.05, 0.1) is 11.8 Å². The van der Waals surface area contributed by atoms with Gasteiger partial charge in [-0.25, -0.2) is 31.2 Å². The van der Waals surface area contributed by atoms with Gasteiger partial charge in [0.1, 0.15) is 5.69 Å². The van der Waals surface area contributed by atoms with Gasteiger partial charge in [-0.05, 0) is 24.8 Å². The smallest absolute Gasteiger partial charge is 0.258 e. The fourth-order valence-corrected chi connectivity index (χ4v) is 7.76. The number of hydrogen-bond donors (Lipinski definition) is 1. The number of imide groups is 2. The van der Waals surface area contributed by atoms with E-state index in [1.165, 1.54) is 13.1 Å². The number of amides is 4. The Labute approximate surface area is 242 Å². The largest absolute Gasteiger partial charge is 0.505 e. The zero-order valence-corrected chi connectivity index (χ0v) is 22.5. The van der Waals surface area contributed by atoms with Gasteiger partial charge in [0.15, 0.2) is 44.6 Å². The van der Waals surface area contributed by atoms with Crippen LogP contribution in [0.3, 0.4) is 0 Å². The summed E-state index contributed by atoms with van der Waals surface area (Å²) >= 11 is 13.7. The van der Waals surface area contributed by atoms with E-state index in [2.05, 4.69) is 0 Å². The molecule has 42 heavy (non-hydrogen) atoms. The number of phenolic OH excluding ortho intramolecular Hbond substituents is 1. The summed E-state index contributed by atoms with van der Waals surface area (Å²) in [5.41, 5.74) is -2.24. The van der Waals surface area contributed by atoms with E-state index in [0.717, 1.165) is 23.1 Å². The van der Waals surface area contributed by atoms with Crippen molar-refractivity contribution in [3.63, 3.8) is 0 Å². The molecule has 15 heteroatoms. The highest BCUT2D eigenvalue weighted by molar-refractivity contribution is 6.58. The van der Waals surface area contributed by atoms with Gasteiger partial charge >= 0.3 is 0 Å². The third-order valence-corrected chi connectivity index (χ3v) is 10.2. The van der Waals surface area contributed by atoms with Crippen LogP contribution in [0.4, 0.5) is 32.0 Å². The van der Waals surface area contributed by atoms with Crippen LogP contribution in [0.2, 0.25) is 0 Å². The van der Waals surface area contributed by atoms with Crippen molar-refractivity contribution in [1.82, 2.24) is 4.90 Å². The summed E-state index contributed by atoms with van der Waals surface area (Å²) in [6, 6.07) is 3.11. The number of phenols is 1. The van der Waals surface area contributed by atoms with Gasteiger partial charge in [0.25, 0.3) is 11.8 Å². The van der Waals surface area contributed by atoms with Crippen molar-refractivity contribution in [3.05, 3.63) is 70.3 Å². The second-order valence-corrected chi connectivity index (χ2v) is 11.8. The van der Waals surface area contributed by atoms with E-state index < -0.39 is 115 Å². The Bertz CT molecular complexity index is 1670. The highest BCUT2D eigenvalue weighted by Gasteiger charge is 2.77. The number of nitrogens with zero attached hydrogens (tertiary/aromatic N) is 2. The number of allylic oxidation sites excluding steroid dienone is 2. The Hall–Kier alpha value is -3.58. The SMILES string of the molecule is CN1C(=O)C2CC=C3C(CC4(Cl)C(=O)N(c5c(F)c(F)c(F)c(F)c5F)C(=O)C4(Cl)C3c3cccc(F)c3O)C2C1=O. The maximum atomic E-state index is 14.9. The molecule has 0 spiro atoms. The zero-order chi connectivity index (χ0) is 30.8. The Morgan fingerprint density at radius 2 is 1.45 bits per heavy atom. The van der Waals surface area contributed by atoms with Crippen LogP contribution in [0.1, 0.15) is 24.3 Å². The number of benzene rings is 2. The molecule has 4 aliphatic rings. The molecule has 2 heterocycles. The topological polar surface area (TPSA) is 95.0 Å². The van der Waals surface area contributed by atoms with Crippen molar-refractivity contribution < 1.29 is 50.6 Å². The number of hydrogen-bond acceptors (Lipinski definition) is 5. The molecule has 3 fully saturated rings. The van der Waals surface area contributed by atoms with Gasteiger partial charge in [-0.15, -0.1) is 23.2 Å². The van der Waals surface area contributed by atoms with Crippen molar-refractivity contribution in [1.29, 1.82) is 0 Å². The fraction of sp³-hybridized carbons (Fsp3) is 0.333. The first-order valence-corrected chi connectivity index (χ1v) is 13.1. The Balaban J connectivity index is 1.64. The molecule has 0 aromatic heterocycles. The van der Waals surface area contributed by atoms with Crippen LogP contribution in [0.5, 0.6) is 5.75 Å². The lowest BCUT2D eigenvalue weighted by molar-refractivity contribution is -0.138. The molecule has 1 N–H and O–H groups in total. The number of carbonyl (C=O) groups excluding carboxylic acids is 4. The molecule has 7 nitrogen and oxygen atoms in total. The van der Waals surface area contributed by atoms with Crippen LogP contribution in [0.25, 0.3) is 0 Å². The maximum absolute atomic E-state index is 14.9. The fourth-order valence-electron chi connectivity index (χ4n) is 6.83. The van der Waals surface area contributed by atoms with Gasteiger partial charge in [0, 0.05) is 18.5 Å². The summed E-state index contributed by atoms with van der Waals surface area (Å²) in [4.78, 5) is 48.8. The van der Waals surface area contributed by atoms with Crippen LogP contribution < -0.4 is 4.90 Å². The van der Waals surface area contributed by atoms with Crippen molar-refractivity contribution >= 4 is 52.5 Å². The monoisotopic (exact) mass is 632 g/mol. The van der Waals surface area contributed by atoms with E-state index in [1.54, 1.807) is 0 Å². The van der Waals surface area contributed by atoms with E-state index in [1.807, 2.05) is 0 Å². The molecule has 220 valence electrons. The summed E-state index contributed by atoms with van der Waals surface area (Å²) in [5, 5.41) is 10.7. The Kier molecular flexibility index (Phi) is 6.09. The van der Waals surface area contributed by atoms with Crippen LogP contribution in [0, 0.1) is 52.7 Å². The molecule has 2 saturated heterocycles. The van der Waals surface area contributed by atoms with E-state index >= 15 is 0 Å². The van der Waals surface area contributed by atoms with Crippen LogP contribution >= 0.6 is 23.2 Å². The third-order valence-electron chi connectivity index (χ3n) is 8.77. The summed E-state index contributed by atoms with van der Waals surface area (Å²) in [7, 11) is 1.23. The number of carbonyl (C=O) groups is 4. The number of fused-ring (bicyclic) bond motifs is 4. The predicted octanol–water partition coefficient (Wildman–Crippen LogP) is 4.42. The molecule has 0 radical (unpaired) electrons. The molecular weight excluding hydrogens is 617 g/mol. The van der Waals surface area contributed by atoms with Gasteiger partial charge in [0.2, 0.25) is 17.6 Å². The third kappa shape index (κ3) is 3.20. The normalized spacial score (nSPS) is 32.3. The first-order valence-electron chi connectivity index (χ1n) is 12.4. The lowest BCUT2D eigenvalue weighted by Crippen LogP contribution is -2.60. The lowest BCUT2D eigenvalue weighted by atomic mass is 9.56. The minimum atomic E-state index is -2.84. The summed E-state index contributed by atoms with van der Waals surface area (Å²) in [5.74, 6) is -24.3. The van der Waals surface area contributed by atoms with E-state index in [9.17, 15) is 50.6 Å². The minimum absolute atomic E-state index is 0.0657. The van der Waals surface area contributed by atoms with Crippen molar-refractivity contribution in [3.8, 4) is 5.75 Å². The standard InChI is InChI=1S/C27H16Cl2F6N2O5/c1-36-22(39)9-6-5-8-11(13(9)23(36)40)7-26(28)24(41)37(20-18(34)16(32)15(31)17(33)19(20)35)25(42)27(26,29)14(8)10-3-2-4-12(30)21(10)38/h2-5,9,11,13-14,38H,6-7H2,1H3. The molecule has 4 amide bonds. The number of alkyl halides is 2. The van der Waals surface area contributed by atoms with Crippen molar-refractivity contribution in [2.75, 3.05) is 11.9 Å². The number of halogens is 8. The molecule has 2 aliphatic carbocycles. The predicted molar refractivity (Wildman–Crippen MR) is 132 cm³/mol. The molecule has 1 saturated carbocycles. The molecule has 6 atom stereocenters. The second kappa shape index (κ2) is 8.96. The number of aromatic hydroxyl groups is 1. The summed E-state index contributed by atoms with van der Waals surface area (Å²) in [6.07, 6.45) is 0.676. The summed E-state index contributed by atoms with van der Waals surface area (Å²) < 4.78 is 86.7. The zero-order valence-electron chi connectivity index (χ0n) is 21.0. The van der Waals surface area contributed by atoms with E-state index in [4.69, 9.17) is 23.2 Å². The van der Waals surface area contributed by atoms with Crippen molar-refractivity contribution in [2.24, 2.45) is 17.8 Å². The van der Waals surface area contributed by atoms with E-state index in [0.29, 0.717) is 0 Å². The molecule has 2 aromatic rings. The highest BCUT2D eigenvalue weighted by atomic mass is 35.5. The number of likely N-dealkylation sites (tertiary alicyclic amines) is 1.